The van der Waals surface area contributed by atoms with Crippen molar-refractivity contribution >= 4 is 43.0 Å². The van der Waals surface area contributed by atoms with E-state index in [0.29, 0.717) is 10.1 Å². The summed E-state index contributed by atoms with van der Waals surface area (Å²) >= 11 is 4.15. The van der Waals surface area contributed by atoms with Crippen molar-refractivity contribution in [1.82, 2.24) is 0 Å². The van der Waals surface area contributed by atoms with E-state index in [2.05, 4.69) is 15.9 Å². The highest BCUT2D eigenvalue weighted by molar-refractivity contribution is 9.10. The van der Waals surface area contributed by atoms with Crippen LogP contribution in [0.25, 0.3) is 10.1 Å². The lowest BCUT2D eigenvalue weighted by molar-refractivity contribution is -0.382. The van der Waals surface area contributed by atoms with Crippen molar-refractivity contribution in [1.29, 1.82) is 0 Å². The molecule has 0 aliphatic rings. The molecule has 0 spiro atoms. The zero-order valence-electron chi connectivity index (χ0n) is 6.66. The van der Waals surface area contributed by atoms with E-state index in [1.54, 1.807) is 0 Å². The summed E-state index contributed by atoms with van der Waals surface area (Å²) in [7, 11) is 0. The number of benzene rings is 1. The Kier molecular flexibility index (Phi) is 2.24. The van der Waals surface area contributed by atoms with Crippen LogP contribution in [0.1, 0.15) is 0 Å². The molecule has 0 amide bonds. The second-order valence-electron chi connectivity index (χ2n) is 2.64. The Hall–Kier alpha value is -1.01. The van der Waals surface area contributed by atoms with Crippen molar-refractivity contribution in [3.63, 3.8) is 0 Å². The van der Waals surface area contributed by atoms with Crippen LogP contribution in [0, 0.1) is 15.9 Å². The molecule has 0 aliphatic carbocycles. The van der Waals surface area contributed by atoms with Crippen LogP contribution in [-0.4, -0.2) is 4.92 Å². The highest BCUT2D eigenvalue weighted by Crippen LogP contribution is 2.34. The lowest BCUT2D eigenvalue weighted by atomic mass is 10.2. The molecule has 0 fully saturated rings. The molecular weight excluding hydrogens is 273 g/mol. The van der Waals surface area contributed by atoms with Gasteiger partial charge < -0.3 is 0 Å². The Morgan fingerprint density at radius 3 is 2.86 bits per heavy atom. The Balaban J connectivity index is 2.80. The van der Waals surface area contributed by atoms with Crippen LogP contribution in [0.3, 0.4) is 0 Å². The third kappa shape index (κ3) is 1.40. The van der Waals surface area contributed by atoms with E-state index in [1.807, 2.05) is 0 Å². The average molecular weight is 276 g/mol. The quantitative estimate of drug-likeness (QED) is 0.588. The molecule has 0 aliphatic heterocycles. The molecule has 0 bridgehead atoms. The Morgan fingerprint density at radius 2 is 2.21 bits per heavy atom. The largest absolute Gasteiger partial charge is 0.287 e. The van der Waals surface area contributed by atoms with Gasteiger partial charge in [-0.1, -0.05) is 0 Å². The van der Waals surface area contributed by atoms with Crippen LogP contribution in [0.5, 0.6) is 0 Å². The summed E-state index contributed by atoms with van der Waals surface area (Å²) in [5.74, 6) is -0.408. The maximum Gasteiger partial charge on any atom is 0.287 e. The monoisotopic (exact) mass is 275 g/mol. The van der Waals surface area contributed by atoms with Gasteiger partial charge in [0.05, 0.1) is 20.2 Å². The first-order chi connectivity index (χ1) is 6.59. The second kappa shape index (κ2) is 3.29. The molecule has 0 N–H and O–H groups in total. The van der Waals surface area contributed by atoms with Crippen LogP contribution in [0.4, 0.5) is 10.1 Å². The summed E-state index contributed by atoms with van der Waals surface area (Å²) in [6.45, 7) is 0. The highest BCUT2D eigenvalue weighted by Gasteiger charge is 2.15. The van der Waals surface area contributed by atoms with Gasteiger partial charge in [-0.3, -0.25) is 10.1 Å². The number of hydrogen-bond donors (Lipinski definition) is 0. The number of hydrogen-bond acceptors (Lipinski definition) is 3. The molecule has 2 aromatic rings. The van der Waals surface area contributed by atoms with Crippen LogP contribution in [0.2, 0.25) is 0 Å². The van der Waals surface area contributed by atoms with Gasteiger partial charge in [0.15, 0.2) is 0 Å². The van der Waals surface area contributed by atoms with Gasteiger partial charge in [-0.05, 0) is 28.1 Å². The van der Waals surface area contributed by atoms with Gasteiger partial charge in [-0.2, -0.15) is 0 Å². The first-order valence-corrected chi connectivity index (χ1v) is 5.27. The molecule has 72 valence electrons. The SMILES string of the molecule is O=[N+]([O-])c1csc2cc(F)c(Br)cc12. The molecule has 0 radical (unpaired) electrons. The first-order valence-electron chi connectivity index (χ1n) is 3.60. The minimum atomic E-state index is -0.469. The molecule has 6 heteroatoms. The smallest absolute Gasteiger partial charge is 0.258 e. The van der Waals surface area contributed by atoms with E-state index in [-0.39, 0.29) is 10.2 Å². The van der Waals surface area contributed by atoms with Gasteiger partial charge in [0, 0.05) is 4.70 Å². The maximum absolute atomic E-state index is 13.0. The summed E-state index contributed by atoms with van der Waals surface area (Å²) in [6, 6.07) is 2.72. The van der Waals surface area contributed by atoms with Gasteiger partial charge in [0.2, 0.25) is 0 Å². The molecule has 2 rings (SSSR count). The van der Waals surface area contributed by atoms with Gasteiger partial charge in [0.25, 0.3) is 5.69 Å². The van der Waals surface area contributed by atoms with E-state index in [9.17, 15) is 14.5 Å². The molecule has 0 saturated heterocycles. The van der Waals surface area contributed by atoms with Crippen LogP contribution < -0.4 is 0 Å². The fourth-order valence-corrected chi connectivity index (χ4v) is 2.41. The predicted molar refractivity (Wildman–Crippen MR) is 56.1 cm³/mol. The molecule has 1 aromatic heterocycles. The minimum Gasteiger partial charge on any atom is -0.258 e. The van der Waals surface area contributed by atoms with E-state index < -0.39 is 10.7 Å². The summed E-state index contributed by atoms with van der Waals surface area (Å²) in [4.78, 5) is 10.1. The summed E-state index contributed by atoms with van der Waals surface area (Å²) in [5, 5.41) is 12.5. The molecule has 14 heavy (non-hydrogen) atoms. The lowest BCUT2D eigenvalue weighted by Gasteiger charge is -1.94. The fourth-order valence-electron chi connectivity index (χ4n) is 1.15. The Morgan fingerprint density at radius 1 is 1.50 bits per heavy atom. The van der Waals surface area contributed by atoms with E-state index >= 15 is 0 Å². The highest BCUT2D eigenvalue weighted by atomic mass is 79.9. The number of fused-ring (bicyclic) bond motifs is 1. The normalized spacial score (nSPS) is 10.7. The van der Waals surface area contributed by atoms with Crippen molar-refractivity contribution in [3.8, 4) is 0 Å². The molecule has 1 aromatic carbocycles. The molecule has 0 saturated carbocycles. The zero-order valence-corrected chi connectivity index (χ0v) is 9.06. The fraction of sp³-hybridized carbons (Fsp3) is 0. The standard InChI is InChI=1S/C8H3BrFNO2S/c9-5-1-4-7(11(12)13)3-14-8(4)2-6(5)10/h1-3H. The summed E-state index contributed by atoms with van der Waals surface area (Å²) in [5.41, 5.74) is 0.0192. The molecule has 0 atom stereocenters. The number of rotatable bonds is 1. The third-order valence-electron chi connectivity index (χ3n) is 1.79. The summed E-state index contributed by atoms with van der Waals surface area (Å²) in [6.07, 6.45) is 0. The van der Waals surface area contributed by atoms with Crippen molar-refractivity contribution in [3.05, 3.63) is 37.9 Å². The number of nitro groups is 1. The molecular formula is C8H3BrFNO2S. The van der Waals surface area contributed by atoms with E-state index in [0.717, 1.165) is 11.3 Å². The summed E-state index contributed by atoms with van der Waals surface area (Å²) < 4.78 is 13.9. The Bertz CT molecular complexity index is 525. The van der Waals surface area contributed by atoms with Crippen molar-refractivity contribution < 1.29 is 9.31 Å². The van der Waals surface area contributed by atoms with Gasteiger partial charge in [0.1, 0.15) is 5.82 Å². The van der Waals surface area contributed by atoms with Crippen LogP contribution in [-0.2, 0) is 0 Å². The topological polar surface area (TPSA) is 43.1 Å². The lowest BCUT2D eigenvalue weighted by Crippen LogP contribution is -1.85. The van der Waals surface area contributed by atoms with Crippen LogP contribution in [0.15, 0.2) is 22.0 Å². The molecule has 3 nitrogen and oxygen atoms in total. The van der Waals surface area contributed by atoms with Crippen molar-refractivity contribution in [2.24, 2.45) is 0 Å². The maximum atomic E-state index is 13.0. The third-order valence-corrected chi connectivity index (χ3v) is 3.33. The molecule has 1 heterocycles. The zero-order chi connectivity index (χ0) is 10.3. The Labute approximate surface area is 90.4 Å². The first kappa shape index (κ1) is 9.54. The second-order valence-corrected chi connectivity index (χ2v) is 4.41. The minimum absolute atomic E-state index is 0.0192. The predicted octanol–water partition coefficient (Wildman–Crippen LogP) is 3.71. The van der Waals surface area contributed by atoms with E-state index in [1.165, 1.54) is 17.5 Å². The number of thiophene rings is 1. The van der Waals surface area contributed by atoms with Gasteiger partial charge >= 0.3 is 0 Å². The van der Waals surface area contributed by atoms with Crippen molar-refractivity contribution in [2.45, 2.75) is 0 Å². The van der Waals surface area contributed by atoms with Crippen LogP contribution >= 0.6 is 27.3 Å². The van der Waals surface area contributed by atoms with Gasteiger partial charge in [-0.15, -0.1) is 11.3 Å². The average Bonchev–Trinajstić information content (AvgIpc) is 2.48. The number of halogens is 2. The number of nitrogens with zero attached hydrogens (tertiary/aromatic N) is 1. The van der Waals surface area contributed by atoms with Gasteiger partial charge in [-0.25, -0.2) is 4.39 Å². The molecule has 0 unspecified atom stereocenters. The van der Waals surface area contributed by atoms with E-state index in [4.69, 9.17) is 0 Å². The van der Waals surface area contributed by atoms with Crippen molar-refractivity contribution in [2.75, 3.05) is 0 Å².